The van der Waals surface area contributed by atoms with Crippen LogP contribution in [-0.2, 0) is 6.42 Å². The lowest BCUT2D eigenvalue weighted by molar-refractivity contribution is 0.282. The van der Waals surface area contributed by atoms with E-state index in [0.29, 0.717) is 0 Å². The third kappa shape index (κ3) is 1.89. The van der Waals surface area contributed by atoms with Gasteiger partial charge in [-0.15, -0.1) is 11.3 Å². The maximum atomic E-state index is 6.27. The Hall–Kier alpha value is -1.13. The Labute approximate surface area is 111 Å². The molecular formula is C14H18N2OS. The van der Waals surface area contributed by atoms with Gasteiger partial charge in [0.25, 0.3) is 0 Å². The summed E-state index contributed by atoms with van der Waals surface area (Å²) in [5, 5.41) is 0.968. The van der Waals surface area contributed by atoms with Crippen molar-refractivity contribution < 1.29 is 4.42 Å². The number of rotatable bonds is 1. The molecule has 4 heteroatoms. The van der Waals surface area contributed by atoms with Crippen molar-refractivity contribution >= 4 is 11.3 Å². The second-order valence-electron chi connectivity index (χ2n) is 5.91. The molecule has 96 valence electrons. The number of hydrogen-bond acceptors (Lipinski definition) is 4. The molecule has 1 unspecified atom stereocenters. The first-order chi connectivity index (χ1) is 8.46. The first-order valence-corrected chi connectivity index (χ1v) is 7.07. The number of nitrogens with two attached hydrogens (primary N) is 1. The maximum Gasteiger partial charge on any atom is 0.165 e. The summed E-state index contributed by atoms with van der Waals surface area (Å²) in [4.78, 5) is 5.98. The molecule has 0 fully saturated rings. The summed E-state index contributed by atoms with van der Waals surface area (Å²) in [6.07, 6.45) is 3.75. The number of aromatic nitrogens is 1. The molecule has 0 aromatic carbocycles. The Bertz CT molecular complexity index is 582. The van der Waals surface area contributed by atoms with Crippen molar-refractivity contribution in [2.45, 2.75) is 39.7 Å². The average molecular weight is 262 g/mol. The number of hydrogen-bond donors (Lipinski definition) is 1. The second-order valence-corrected chi connectivity index (χ2v) is 6.94. The topological polar surface area (TPSA) is 52.0 Å². The summed E-state index contributed by atoms with van der Waals surface area (Å²) in [5.41, 5.74) is 8.81. The third-order valence-corrected chi connectivity index (χ3v) is 4.77. The largest absolute Gasteiger partial charge is 0.462 e. The van der Waals surface area contributed by atoms with Crippen molar-refractivity contribution in [2.24, 2.45) is 11.1 Å². The fourth-order valence-corrected chi connectivity index (χ4v) is 3.82. The summed E-state index contributed by atoms with van der Waals surface area (Å²) < 4.78 is 5.52. The van der Waals surface area contributed by atoms with Crippen LogP contribution in [-0.4, -0.2) is 4.98 Å². The summed E-state index contributed by atoms with van der Waals surface area (Å²) in [6, 6.07) is 2.09. The van der Waals surface area contributed by atoms with Gasteiger partial charge in [-0.25, -0.2) is 4.98 Å². The van der Waals surface area contributed by atoms with E-state index in [2.05, 4.69) is 13.8 Å². The highest BCUT2D eigenvalue weighted by atomic mass is 32.1. The summed E-state index contributed by atoms with van der Waals surface area (Å²) in [6.45, 7) is 6.56. The van der Waals surface area contributed by atoms with Crippen molar-refractivity contribution in [1.82, 2.24) is 4.98 Å². The minimum Gasteiger partial charge on any atom is -0.462 e. The lowest BCUT2D eigenvalue weighted by atomic mass is 9.77. The van der Waals surface area contributed by atoms with E-state index < -0.39 is 0 Å². The van der Waals surface area contributed by atoms with Crippen LogP contribution in [0.25, 0.3) is 10.8 Å². The summed E-state index contributed by atoms with van der Waals surface area (Å²) in [5.74, 6) is 0.888. The Morgan fingerprint density at radius 3 is 2.94 bits per heavy atom. The van der Waals surface area contributed by atoms with E-state index in [0.717, 1.165) is 34.9 Å². The molecule has 0 radical (unpaired) electrons. The van der Waals surface area contributed by atoms with E-state index in [4.69, 9.17) is 15.1 Å². The highest BCUT2D eigenvalue weighted by molar-refractivity contribution is 7.15. The van der Waals surface area contributed by atoms with Gasteiger partial charge in [-0.1, -0.05) is 13.8 Å². The monoisotopic (exact) mass is 262 g/mol. The van der Waals surface area contributed by atoms with Crippen LogP contribution < -0.4 is 5.73 Å². The molecule has 0 saturated heterocycles. The van der Waals surface area contributed by atoms with Crippen LogP contribution >= 0.6 is 11.3 Å². The van der Waals surface area contributed by atoms with E-state index in [1.807, 2.05) is 13.0 Å². The predicted octanol–water partition coefficient (Wildman–Crippen LogP) is 3.68. The van der Waals surface area contributed by atoms with Gasteiger partial charge in [-0.3, -0.25) is 0 Å². The van der Waals surface area contributed by atoms with Crippen LogP contribution in [0.1, 0.15) is 42.4 Å². The van der Waals surface area contributed by atoms with Crippen LogP contribution in [0.4, 0.5) is 0 Å². The van der Waals surface area contributed by atoms with Crippen LogP contribution in [0.15, 0.2) is 16.7 Å². The maximum absolute atomic E-state index is 6.27. The van der Waals surface area contributed by atoms with Gasteiger partial charge in [-0.05, 0) is 36.8 Å². The number of aryl methyl sites for hydroxylation is 1. The van der Waals surface area contributed by atoms with Gasteiger partial charge >= 0.3 is 0 Å². The second kappa shape index (κ2) is 3.93. The molecule has 1 atom stereocenters. The fraction of sp³-hybridized carbons (Fsp3) is 0.500. The number of thiazole rings is 1. The molecule has 2 aromatic heterocycles. The molecule has 0 saturated carbocycles. The smallest absolute Gasteiger partial charge is 0.165 e. The Kier molecular flexibility index (Phi) is 2.61. The number of furan rings is 1. The van der Waals surface area contributed by atoms with Crippen molar-refractivity contribution in [3.05, 3.63) is 28.5 Å². The molecule has 0 aliphatic heterocycles. The molecule has 2 aromatic rings. The van der Waals surface area contributed by atoms with Crippen LogP contribution in [0.2, 0.25) is 0 Å². The predicted molar refractivity (Wildman–Crippen MR) is 73.6 cm³/mol. The van der Waals surface area contributed by atoms with Gasteiger partial charge in [0.15, 0.2) is 10.8 Å². The minimum atomic E-state index is 0.116. The molecule has 18 heavy (non-hydrogen) atoms. The zero-order valence-corrected chi connectivity index (χ0v) is 11.8. The third-order valence-electron chi connectivity index (χ3n) is 3.54. The van der Waals surface area contributed by atoms with E-state index in [1.165, 1.54) is 4.88 Å². The van der Waals surface area contributed by atoms with Gasteiger partial charge < -0.3 is 10.2 Å². The quantitative estimate of drug-likeness (QED) is 0.852. The average Bonchev–Trinajstić information content (AvgIpc) is 2.82. The number of fused-ring (bicyclic) bond motifs is 1. The SMILES string of the molecule is Cc1ccoc1-c1nc2c(s1)C(N)CC(C)(C)C2. The van der Waals surface area contributed by atoms with E-state index in [-0.39, 0.29) is 11.5 Å². The van der Waals surface area contributed by atoms with Crippen molar-refractivity contribution in [3.63, 3.8) is 0 Å². The Morgan fingerprint density at radius 2 is 2.28 bits per heavy atom. The Morgan fingerprint density at radius 1 is 1.50 bits per heavy atom. The summed E-state index contributed by atoms with van der Waals surface area (Å²) in [7, 11) is 0. The first kappa shape index (κ1) is 11.9. The molecule has 0 spiro atoms. The van der Waals surface area contributed by atoms with Crippen molar-refractivity contribution in [3.8, 4) is 10.8 Å². The molecule has 1 aliphatic carbocycles. The van der Waals surface area contributed by atoms with Gasteiger partial charge in [-0.2, -0.15) is 0 Å². The lowest BCUT2D eigenvalue weighted by Gasteiger charge is -2.32. The van der Waals surface area contributed by atoms with Crippen LogP contribution in [0, 0.1) is 12.3 Å². The molecule has 0 bridgehead atoms. The standard InChI is InChI=1S/C14H18N2OS/c1-8-4-5-17-11(8)13-16-10-7-14(2,3)6-9(15)12(10)18-13/h4-5,9H,6-7,15H2,1-3H3. The molecule has 0 amide bonds. The van der Waals surface area contributed by atoms with Crippen molar-refractivity contribution in [2.75, 3.05) is 0 Å². The molecule has 3 nitrogen and oxygen atoms in total. The van der Waals surface area contributed by atoms with E-state index in [9.17, 15) is 0 Å². The molecule has 1 aliphatic rings. The van der Waals surface area contributed by atoms with Gasteiger partial charge in [0.1, 0.15) is 0 Å². The highest BCUT2D eigenvalue weighted by Gasteiger charge is 2.33. The van der Waals surface area contributed by atoms with Crippen LogP contribution in [0.3, 0.4) is 0 Å². The van der Waals surface area contributed by atoms with E-state index >= 15 is 0 Å². The lowest BCUT2D eigenvalue weighted by Crippen LogP contribution is -2.28. The fourth-order valence-electron chi connectivity index (χ4n) is 2.68. The van der Waals surface area contributed by atoms with Gasteiger partial charge in [0.2, 0.25) is 0 Å². The highest BCUT2D eigenvalue weighted by Crippen LogP contribution is 2.44. The molecule has 3 rings (SSSR count). The zero-order chi connectivity index (χ0) is 12.9. The van der Waals surface area contributed by atoms with Crippen molar-refractivity contribution in [1.29, 1.82) is 0 Å². The zero-order valence-electron chi connectivity index (χ0n) is 11.0. The first-order valence-electron chi connectivity index (χ1n) is 6.26. The number of nitrogens with zero attached hydrogens (tertiary/aromatic N) is 1. The normalized spacial score (nSPS) is 21.9. The summed E-state index contributed by atoms with van der Waals surface area (Å²) >= 11 is 1.69. The minimum absolute atomic E-state index is 0.116. The Balaban J connectivity index is 2.06. The molecule has 2 N–H and O–H groups in total. The van der Waals surface area contributed by atoms with Gasteiger partial charge in [0.05, 0.1) is 12.0 Å². The van der Waals surface area contributed by atoms with E-state index in [1.54, 1.807) is 17.6 Å². The van der Waals surface area contributed by atoms with Crippen LogP contribution in [0.5, 0.6) is 0 Å². The molecular weight excluding hydrogens is 244 g/mol. The molecule has 2 heterocycles. The van der Waals surface area contributed by atoms with Gasteiger partial charge in [0, 0.05) is 10.9 Å².